The van der Waals surface area contributed by atoms with Gasteiger partial charge in [-0.05, 0) is 110 Å². The topological polar surface area (TPSA) is 145 Å². The van der Waals surface area contributed by atoms with Gasteiger partial charge in [-0.2, -0.15) is 0 Å². The predicted molar refractivity (Wildman–Crippen MR) is 220 cm³/mol. The number of carbonyl (C=O) groups is 1. The highest BCUT2D eigenvalue weighted by molar-refractivity contribution is 5.84. The lowest BCUT2D eigenvalue weighted by molar-refractivity contribution is -0.141. The third kappa shape index (κ3) is 7.56. The Kier molecular flexibility index (Phi) is 10.9. The molecule has 1 spiro atoms. The first-order chi connectivity index (χ1) is 27.7. The molecule has 1 saturated carbocycles. The first-order valence-corrected chi connectivity index (χ1v) is 20.1. The second kappa shape index (κ2) is 16.2. The van der Waals surface area contributed by atoms with Gasteiger partial charge in [-0.3, -0.25) is 4.79 Å². The minimum atomic E-state index is -0.512. The van der Waals surface area contributed by atoms with Crippen LogP contribution in [0.1, 0.15) is 72.4 Å². The molecule has 2 aliphatic carbocycles. The molecule has 298 valence electrons. The molecule has 10 nitrogen and oxygen atoms in total. The van der Waals surface area contributed by atoms with Gasteiger partial charge < -0.3 is 45.5 Å². The minimum Gasteiger partial charge on any atom is -0.508 e. The van der Waals surface area contributed by atoms with Gasteiger partial charge in [0.2, 0.25) is 0 Å². The van der Waals surface area contributed by atoms with E-state index in [4.69, 9.17) is 24.7 Å². The van der Waals surface area contributed by atoms with Crippen LogP contribution >= 0.6 is 0 Å². The molecule has 0 amide bonds. The fraction of sp³-hybridized carbons (Fsp3) is 0.383. The van der Waals surface area contributed by atoms with Crippen molar-refractivity contribution in [3.8, 4) is 39.9 Å². The van der Waals surface area contributed by atoms with Crippen LogP contribution in [0.15, 0.2) is 96.7 Å². The average Bonchev–Trinajstić information content (AvgIpc) is 3.80. The van der Waals surface area contributed by atoms with Crippen molar-refractivity contribution in [3.05, 3.63) is 125 Å². The zero-order valence-corrected chi connectivity index (χ0v) is 32.9. The summed E-state index contributed by atoms with van der Waals surface area (Å²) < 4.78 is 24.9. The molecule has 6 N–H and O–H groups in total. The van der Waals surface area contributed by atoms with Gasteiger partial charge in [-0.25, -0.2) is 0 Å². The number of nitrogens with one attached hydrogen (secondary N) is 2. The molecule has 4 aliphatic rings. The fourth-order valence-corrected chi connectivity index (χ4v) is 9.89. The standard InChI is InChI=1S/C47H53N3O7/c1-28(51)56-27-38-36-13-14-37-43-33(21-34(52)23-41(43)54-3)25-47(44(37)46(36)57-45(38)30-10-15-39(53)40(22-30)55-20-19-49-2)18-17-31(24-47)35(32-11-16-42(48)50-26-32)12-9-29-7-5-4-6-8-29/h4-8,10-11,13-16,21-23,26,31,35,38,42,45,49-50,52-53H,9,12,17-20,24-25,27,48H2,1-3H3/t31-,35+,38+,42?,45-,47-/m1/s1. The van der Waals surface area contributed by atoms with E-state index in [-0.39, 0.29) is 47.5 Å². The highest BCUT2D eigenvalue weighted by Gasteiger charge is 2.51. The van der Waals surface area contributed by atoms with Gasteiger partial charge in [0.05, 0.1) is 19.2 Å². The van der Waals surface area contributed by atoms with E-state index < -0.39 is 6.10 Å². The monoisotopic (exact) mass is 771 g/mol. The van der Waals surface area contributed by atoms with Gasteiger partial charge in [0.15, 0.2) is 11.5 Å². The lowest BCUT2D eigenvalue weighted by atomic mass is 9.64. The number of likely N-dealkylation sites (N-methyl/N-ethyl adjacent to an activating group) is 1. The second-order valence-electron chi connectivity index (χ2n) is 16.0. The molecule has 0 radical (unpaired) electrons. The lowest BCUT2D eigenvalue weighted by Gasteiger charge is -2.40. The number of dihydropyridines is 1. The number of allylic oxidation sites excluding steroid dienone is 2. The molecule has 10 heteroatoms. The van der Waals surface area contributed by atoms with Crippen molar-refractivity contribution in [1.29, 1.82) is 0 Å². The number of phenols is 2. The number of fused-ring (bicyclic) bond motifs is 6. The van der Waals surface area contributed by atoms with Crippen LogP contribution in [0.2, 0.25) is 0 Å². The van der Waals surface area contributed by atoms with Gasteiger partial charge >= 0.3 is 5.97 Å². The van der Waals surface area contributed by atoms with E-state index in [2.05, 4.69) is 65.4 Å². The van der Waals surface area contributed by atoms with Gasteiger partial charge in [0.25, 0.3) is 0 Å². The Morgan fingerprint density at radius 2 is 1.93 bits per heavy atom. The maximum Gasteiger partial charge on any atom is 0.302 e. The summed E-state index contributed by atoms with van der Waals surface area (Å²) in [5.74, 6) is 1.98. The Bertz CT molecular complexity index is 2190. The number of methoxy groups -OCH3 is 1. The second-order valence-corrected chi connectivity index (χ2v) is 16.0. The Hall–Kier alpha value is -5.45. The number of hydrogen-bond donors (Lipinski definition) is 5. The molecule has 4 aromatic rings. The third-order valence-corrected chi connectivity index (χ3v) is 12.5. The molecular weight excluding hydrogens is 719 g/mol. The van der Waals surface area contributed by atoms with Crippen LogP contribution in [0, 0.1) is 11.8 Å². The summed E-state index contributed by atoms with van der Waals surface area (Å²) in [6, 6.07) is 23.9. The van der Waals surface area contributed by atoms with E-state index in [1.54, 1.807) is 19.2 Å². The molecule has 1 unspecified atom stereocenters. The zero-order valence-electron chi connectivity index (χ0n) is 32.9. The van der Waals surface area contributed by atoms with Crippen molar-refractivity contribution in [2.75, 3.05) is 33.9 Å². The number of nitrogens with two attached hydrogens (primary N) is 1. The van der Waals surface area contributed by atoms with Crippen LogP contribution in [0.25, 0.3) is 11.1 Å². The molecular formula is C47H53N3O7. The molecule has 8 rings (SSSR count). The van der Waals surface area contributed by atoms with Crippen molar-refractivity contribution < 1.29 is 34.0 Å². The number of esters is 1. The Morgan fingerprint density at radius 3 is 2.68 bits per heavy atom. The first-order valence-electron chi connectivity index (χ1n) is 20.1. The summed E-state index contributed by atoms with van der Waals surface area (Å²) >= 11 is 0. The molecule has 4 aromatic carbocycles. The number of phenolic OH excluding ortho intramolecular Hbond substituents is 2. The summed E-state index contributed by atoms with van der Waals surface area (Å²) in [6.07, 6.45) is 11.1. The van der Waals surface area contributed by atoms with Crippen LogP contribution in [-0.2, 0) is 27.8 Å². The van der Waals surface area contributed by atoms with Crippen molar-refractivity contribution in [3.63, 3.8) is 0 Å². The molecule has 6 atom stereocenters. The first kappa shape index (κ1) is 38.4. The Labute approximate surface area is 334 Å². The van der Waals surface area contributed by atoms with E-state index in [0.29, 0.717) is 37.0 Å². The van der Waals surface area contributed by atoms with E-state index in [1.807, 2.05) is 31.3 Å². The molecule has 0 saturated heterocycles. The molecule has 2 aliphatic heterocycles. The number of hydrogen-bond acceptors (Lipinski definition) is 10. The molecule has 1 fully saturated rings. The maximum atomic E-state index is 12.3. The molecule has 2 heterocycles. The maximum absolute atomic E-state index is 12.3. The summed E-state index contributed by atoms with van der Waals surface area (Å²) in [6.45, 7) is 2.55. The molecule has 57 heavy (non-hydrogen) atoms. The van der Waals surface area contributed by atoms with E-state index in [0.717, 1.165) is 71.2 Å². The minimum absolute atomic E-state index is 0.0455. The normalized spacial score (nSPS) is 23.4. The van der Waals surface area contributed by atoms with E-state index in [1.165, 1.54) is 18.1 Å². The fourth-order valence-electron chi connectivity index (χ4n) is 9.89. The number of rotatable bonds is 13. The van der Waals surface area contributed by atoms with E-state index in [9.17, 15) is 15.0 Å². The van der Waals surface area contributed by atoms with Gasteiger partial charge in [-0.15, -0.1) is 0 Å². The van der Waals surface area contributed by atoms with E-state index >= 15 is 0 Å². The summed E-state index contributed by atoms with van der Waals surface area (Å²) in [7, 11) is 3.49. The van der Waals surface area contributed by atoms with Crippen LogP contribution in [0.4, 0.5) is 0 Å². The molecule has 0 aromatic heterocycles. The van der Waals surface area contributed by atoms with Crippen LogP contribution in [0.3, 0.4) is 0 Å². The number of benzene rings is 4. The lowest BCUT2D eigenvalue weighted by Crippen LogP contribution is -2.35. The smallest absolute Gasteiger partial charge is 0.302 e. The van der Waals surface area contributed by atoms with Crippen LogP contribution in [0.5, 0.6) is 28.7 Å². The highest BCUT2D eigenvalue weighted by atomic mass is 16.5. The number of carbonyl (C=O) groups excluding carboxylic acids is 1. The van der Waals surface area contributed by atoms with Gasteiger partial charge in [0, 0.05) is 47.8 Å². The summed E-state index contributed by atoms with van der Waals surface area (Å²) in [4.78, 5) is 12.3. The Morgan fingerprint density at radius 1 is 1.09 bits per heavy atom. The third-order valence-electron chi connectivity index (χ3n) is 12.5. The number of aromatic hydroxyl groups is 2. The molecule has 0 bridgehead atoms. The average molecular weight is 772 g/mol. The predicted octanol–water partition coefficient (Wildman–Crippen LogP) is 7.32. The number of ether oxygens (including phenoxy) is 4. The van der Waals surface area contributed by atoms with Crippen LogP contribution < -0.4 is 30.6 Å². The quantitative estimate of drug-likeness (QED) is 0.0693. The van der Waals surface area contributed by atoms with Crippen molar-refractivity contribution in [1.82, 2.24) is 10.6 Å². The summed E-state index contributed by atoms with van der Waals surface area (Å²) in [5.41, 5.74) is 14.5. The van der Waals surface area contributed by atoms with Crippen molar-refractivity contribution in [2.45, 2.75) is 69.1 Å². The highest BCUT2D eigenvalue weighted by Crippen LogP contribution is 2.63. The van der Waals surface area contributed by atoms with Gasteiger partial charge in [-0.1, -0.05) is 54.6 Å². The van der Waals surface area contributed by atoms with Crippen molar-refractivity contribution >= 4 is 5.97 Å². The van der Waals surface area contributed by atoms with Crippen LogP contribution in [-0.4, -0.2) is 56.3 Å². The van der Waals surface area contributed by atoms with Crippen molar-refractivity contribution in [2.24, 2.45) is 17.6 Å². The summed E-state index contributed by atoms with van der Waals surface area (Å²) in [5, 5.41) is 28.1. The Balaban J connectivity index is 1.23. The number of aryl methyl sites for hydroxylation is 1. The SMILES string of the molecule is CNCCOc1cc([C@H]2Oc3c(ccc4c3[C@@]3(CC[C@@H]([C@H](CCc5ccccc5)C5=CNC(N)C=C5)C3)Cc3cc(O)cc(OC)c3-4)[C@@H]2COC(C)=O)ccc1O. The van der Waals surface area contributed by atoms with Gasteiger partial charge in [0.1, 0.15) is 36.6 Å². The largest absolute Gasteiger partial charge is 0.508 e. The zero-order chi connectivity index (χ0) is 39.7.